The first-order valence-electron chi connectivity index (χ1n) is 6.89. The van der Waals surface area contributed by atoms with Crippen molar-refractivity contribution in [3.8, 4) is 5.75 Å². The van der Waals surface area contributed by atoms with E-state index in [-0.39, 0.29) is 5.56 Å². The van der Waals surface area contributed by atoms with Crippen LogP contribution in [0.2, 0.25) is 0 Å². The Balaban J connectivity index is 2.09. The molecule has 0 bridgehead atoms. The average Bonchev–Trinajstić information content (AvgIpc) is 2.52. The Labute approximate surface area is 134 Å². The van der Waals surface area contributed by atoms with Crippen LogP contribution in [0.3, 0.4) is 0 Å². The first-order valence-corrected chi connectivity index (χ1v) is 7.30. The second-order valence-corrected chi connectivity index (χ2v) is 5.34. The van der Waals surface area contributed by atoms with Crippen molar-refractivity contribution in [3.05, 3.63) is 64.1 Å². The van der Waals surface area contributed by atoms with Crippen LogP contribution in [0.15, 0.2) is 47.4 Å². The molecule has 0 amide bonds. The third-order valence-electron chi connectivity index (χ3n) is 3.20. The molecule has 0 atom stereocenters. The Morgan fingerprint density at radius 2 is 1.91 bits per heavy atom. The standard InChI is InChI=1S/C17H18N2O2S/c1-21-15-6-4-13(5-7-15)2-3-14-8-10-19(17(20)12-14)11-9-16(18)22/h2-8,10,12H,9,11H2,1H3,(H2,18,22)/b3-2+. The summed E-state index contributed by atoms with van der Waals surface area (Å²) in [5, 5.41) is 0. The van der Waals surface area contributed by atoms with E-state index in [2.05, 4.69) is 0 Å². The van der Waals surface area contributed by atoms with Gasteiger partial charge in [0.15, 0.2) is 0 Å². The molecule has 2 rings (SSSR count). The molecule has 0 spiro atoms. The van der Waals surface area contributed by atoms with Crippen LogP contribution in [0.1, 0.15) is 17.5 Å². The summed E-state index contributed by atoms with van der Waals surface area (Å²) in [5.41, 5.74) is 7.28. The van der Waals surface area contributed by atoms with Gasteiger partial charge in [0, 0.05) is 25.2 Å². The fourth-order valence-corrected chi connectivity index (χ4v) is 2.04. The van der Waals surface area contributed by atoms with Crippen molar-refractivity contribution in [1.82, 2.24) is 4.57 Å². The van der Waals surface area contributed by atoms with Crippen LogP contribution < -0.4 is 16.0 Å². The zero-order chi connectivity index (χ0) is 15.9. The number of pyridine rings is 1. The van der Waals surface area contributed by atoms with Gasteiger partial charge in [0.05, 0.1) is 12.1 Å². The minimum Gasteiger partial charge on any atom is -0.497 e. The van der Waals surface area contributed by atoms with E-state index in [4.69, 9.17) is 22.7 Å². The lowest BCUT2D eigenvalue weighted by atomic mass is 10.1. The summed E-state index contributed by atoms with van der Waals surface area (Å²) < 4.78 is 6.72. The third kappa shape index (κ3) is 4.56. The average molecular weight is 314 g/mol. The molecule has 0 saturated carbocycles. The van der Waals surface area contributed by atoms with E-state index in [0.29, 0.717) is 18.0 Å². The maximum absolute atomic E-state index is 12.0. The van der Waals surface area contributed by atoms with E-state index in [0.717, 1.165) is 16.9 Å². The summed E-state index contributed by atoms with van der Waals surface area (Å²) in [5.74, 6) is 0.817. The lowest BCUT2D eigenvalue weighted by molar-refractivity contribution is 0.415. The van der Waals surface area contributed by atoms with Gasteiger partial charge >= 0.3 is 0 Å². The molecule has 2 aromatic rings. The number of aryl methyl sites for hydroxylation is 1. The Kier molecular flexibility index (Phi) is 5.49. The Morgan fingerprint density at radius 3 is 2.50 bits per heavy atom. The van der Waals surface area contributed by atoms with Crippen molar-refractivity contribution >= 4 is 29.4 Å². The molecule has 0 radical (unpaired) electrons. The van der Waals surface area contributed by atoms with Gasteiger partial charge in [-0.15, -0.1) is 0 Å². The van der Waals surface area contributed by atoms with Crippen LogP contribution in [0, 0.1) is 0 Å². The monoisotopic (exact) mass is 314 g/mol. The maximum Gasteiger partial charge on any atom is 0.251 e. The van der Waals surface area contributed by atoms with Crippen LogP contribution >= 0.6 is 12.2 Å². The van der Waals surface area contributed by atoms with Crippen LogP contribution in [0.5, 0.6) is 5.75 Å². The number of thiocarbonyl (C=S) groups is 1. The molecule has 1 aromatic carbocycles. The second kappa shape index (κ2) is 7.56. The van der Waals surface area contributed by atoms with Gasteiger partial charge < -0.3 is 15.0 Å². The molecule has 0 aliphatic rings. The molecule has 1 aromatic heterocycles. The van der Waals surface area contributed by atoms with Gasteiger partial charge in [-0.2, -0.15) is 0 Å². The normalized spacial score (nSPS) is 10.8. The number of hydrogen-bond donors (Lipinski definition) is 1. The van der Waals surface area contributed by atoms with E-state index in [1.165, 1.54) is 0 Å². The Bertz CT molecular complexity index is 733. The van der Waals surface area contributed by atoms with Gasteiger partial charge in [0.1, 0.15) is 5.75 Å². The quantitative estimate of drug-likeness (QED) is 0.833. The number of nitrogens with two attached hydrogens (primary N) is 1. The van der Waals surface area contributed by atoms with E-state index in [9.17, 15) is 4.79 Å². The van der Waals surface area contributed by atoms with Gasteiger partial charge in [0.2, 0.25) is 0 Å². The molecule has 2 N–H and O–H groups in total. The van der Waals surface area contributed by atoms with Crippen LogP contribution in [0.25, 0.3) is 12.2 Å². The molecule has 0 unspecified atom stereocenters. The summed E-state index contributed by atoms with van der Waals surface area (Å²) in [6.45, 7) is 0.511. The van der Waals surface area contributed by atoms with Crippen molar-refractivity contribution in [2.24, 2.45) is 5.73 Å². The molecule has 0 aliphatic heterocycles. The van der Waals surface area contributed by atoms with Crippen LogP contribution in [-0.2, 0) is 6.54 Å². The predicted molar refractivity (Wildman–Crippen MR) is 94.0 cm³/mol. The minimum atomic E-state index is -0.0619. The molecule has 4 nitrogen and oxygen atoms in total. The summed E-state index contributed by atoms with van der Waals surface area (Å²) in [4.78, 5) is 12.4. The topological polar surface area (TPSA) is 57.2 Å². The van der Waals surface area contributed by atoms with Crippen molar-refractivity contribution in [2.75, 3.05) is 7.11 Å². The van der Waals surface area contributed by atoms with Crippen molar-refractivity contribution in [1.29, 1.82) is 0 Å². The van der Waals surface area contributed by atoms with E-state index in [1.807, 2.05) is 42.5 Å². The lowest BCUT2D eigenvalue weighted by Crippen LogP contribution is -2.21. The summed E-state index contributed by atoms with van der Waals surface area (Å²) in [6.07, 6.45) is 6.14. The van der Waals surface area contributed by atoms with Crippen LogP contribution in [0.4, 0.5) is 0 Å². The number of hydrogen-bond acceptors (Lipinski definition) is 3. The molecule has 22 heavy (non-hydrogen) atoms. The number of ether oxygens (including phenoxy) is 1. The molecule has 0 fully saturated rings. The number of nitrogens with zero attached hydrogens (tertiary/aromatic N) is 1. The number of aromatic nitrogens is 1. The zero-order valence-electron chi connectivity index (χ0n) is 12.4. The fourth-order valence-electron chi connectivity index (χ4n) is 1.95. The number of methoxy groups -OCH3 is 1. The lowest BCUT2D eigenvalue weighted by Gasteiger charge is -2.04. The van der Waals surface area contributed by atoms with Gasteiger partial charge in [-0.3, -0.25) is 4.79 Å². The third-order valence-corrected chi connectivity index (χ3v) is 3.41. The zero-order valence-corrected chi connectivity index (χ0v) is 13.2. The van der Waals surface area contributed by atoms with Gasteiger partial charge in [-0.1, -0.05) is 36.5 Å². The van der Waals surface area contributed by atoms with Gasteiger partial charge in [-0.25, -0.2) is 0 Å². The largest absolute Gasteiger partial charge is 0.497 e. The van der Waals surface area contributed by atoms with Gasteiger partial charge in [0.25, 0.3) is 5.56 Å². The van der Waals surface area contributed by atoms with Gasteiger partial charge in [-0.05, 0) is 29.3 Å². The first-order chi connectivity index (χ1) is 10.6. The van der Waals surface area contributed by atoms with Crippen molar-refractivity contribution in [3.63, 3.8) is 0 Å². The molecule has 0 saturated heterocycles. The highest BCUT2D eigenvalue weighted by Gasteiger charge is 1.98. The fraction of sp³-hybridized carbons (Fsp3) is 0.176. The summed E-state index contributed by atoms with van der Waals surface area (Å²) in [6, 6.07) is 11.2. The Hall–Kier alpha value is -2.40. The highest BCUT2D eigenvalue weighted by Crippen LogP contribution is 2.13. The highest BCUT2D eigenvalue weighted by atomic mass is 32.1. The first kappa shape index (κ1) is 16.0. The minimum absolute atomic E-state index is 0.0619. The molecular weight excluding hydrogens is 296 g/mol. The summed E-state index contributed by atoms with van der Waals surface area (Å²) >= 11 is 4.82. The maximum atomic E-state index is 12.0. The molecular formula is C17H18N2O2S. The molecule has 1 heterocycles. The SMILES string of the molecule is COc1ccc(/C=C/c2ccn(CCC(N)=S)c(=O)c2)cc1. The van der Waals surface area contributed by atoms with E-state index < -0.39 is 0 Å². The molecule has 114 valence electrons. The van der Waals surface area contributed by atoms with Crippen molar-refractivity contribution < 1.29 is 4.74 Å². The number of rotatable bonds is 6. The van der Waals surface area contributed by atoms with Crippen LogP contribution in [-0.4, -0.2) is 16.7 Å². The molecule has 5 heteroatoms. The smallest absolute Gasteiger partial charge is 0.251 e. The second-order valence-electron chi connectivity index (χ2n) is 4.81. The summed E-state index contributed by atoms with van der Waals surface area (Å²) in [7, 11) is 1.64. The molecule has 0 aliphatic carbocycles. The highest BCUT2D eigenvalue weighted by molar-refractivity contribution is 7.80. The predicted octanol–water partition coefficient (Wildman–Crippen LogP) is 2.70. The number of benzene rings is 1. The van der Waals surface area contributed by atoms with E-state index in [1.54, 1.807) is 23.9 Å². The van der Waals surface area contributed by atoms with Crippen molar-refractivity contribution in [2.45, 2.75) is 13.0 Å². The van der Waals surface area contributed by atoms with E-state index >= 15 is 0 Å². The Morgan fingerprint density at radius 1 is 1.23 bits per heavy atom.